The van der Waals surface area contributed by atoms with Gasteiger partial charge in [0, 0.05) is 57.8 Å². The maximum atomic E-state index is 14.0. The number of aliphatic hydroxyl groups excluding tert-OH is 2. The van der Waals surface area contributed by atoms with Crippen LogP contribution < -0.4 is 9.47 Å². The van der Waals surface area contributed by atoms with Crippen LogP contribution >= 0.6 is 0 Å². The van der Waals surface area contributed by atoms with Crippen LogP contribution in [0.5, 0.6) is 11.5 Å². The second kappa shape index (κ2) is 23.5. The number of oxime groups is 1. The molecule has 2 N–H and O–H groups in total. The Morgan fingerprint density at radius 2 is 1.68 bits per heavy atom. The molecule has 0 bridgehead atoms. The fourth-order valence-electron chi connectivity index (χ4n) is 9.49. The number of allylic oxidation sites excluding steroid dienone is 1. The van der Waals surface area contributed by atoms with Crippen LogP contribution in [-0.2, 0) is 14.3 Å². The molecule has 1 aromatic rings. The second-order valence-electron chi connectivity index (χ2n) is 16.6. The van der Waals surface area contributed by atoms with Gasteiger partial charge in [0.25, 0.3) is 0 Å². The molecule has 0 radical (unpaired) electrons. The third kappa shape index (κ3) is 12.0. The third-order valence-corrected chi connectivity index (χ3v) is 12.5. The number of hydrogen-bond acceptors (Lipinski definition) is 10. The number of carbonyl (C=O) groups is 1. The standard InChI is InChI=1S/C46H73N3O8/c1-5-7-8-9-10-11-12-13-14-19-30-55-45(52)48(3)42-34-40(47-53-4)38-32-35(20-15-17-27-50)37(21-16-18-28-51)43-39-33-36(54-31-26-49-24-25-49)22-23-41(39)57-46(42,44(38)43)56-29-6-2/h6,22-23,32-33,35,37,42-44,50-51H,2,5,7-21,24-31,34H2,1,3-4H3. The van der Waals surface area contributed by atoms with Gasteiger partial charge in [-0.2, -0.15) is 0 Å². The summed E-state index contributed by atoms with van der Waals surface area (Å²) in [6.07, 6.45) is 21.0. The van der Waals surface area contributed by atoms with E-state index in [0.717, 1.165) is 93.6 Å². The minimum atomic E-state index is -1.29. The van der Waals surface area contributed by atoms with Crippen molar-refractivity contribution in [2.24, 2.45) is 22.9 Å². The number of benzene rings is 1. The van der Waals surface area contributed by atoms with E-state index < -0.39 is 17.9 Å². The fraction of sp³-hybridized carbons (Fsp3) is 0.739. The van der Waals surface area contributed by atoms with Crippen LogP contribution in [-0.4, -0.2) is 110 Å². The van der Waals surface area contributed by atoms with E-state index in [0.29, 0.717) is 31.8 Å². The van der Waals surface area contributed by atoms with Crippen molar-refractivity contribution < 1.29 is 38.8 Å². The van der Waals surface area contributed by atoms with Crippen molar-refractivity contribution in [3.05, 3.63) is 48.1 Å². The molecule has 0 spiro atoms. The summed E-state index contributed by atoms with van der Waals surface area (Å²) >= 11 is 0. The van der Waals surface area contributed by atoms with E-state index in [1.165, 1.54) is 44.9 Å². The van der Waals surface area contributed by atoms with E-state index in [9.17, 15) is 15.0 Å². The van der Waals surface area contributed by atoms with E-state index in [1.807, 2.05) is 12.1 Å². The lowest BCUT2D eigenvalue weighted by Crippen LogP contribution is -2.69. The van der Waals surface area contributed by atoms with Crippen molar-refractivity contribution in [2.75, 3.05) is 66.8 Å². The number of amides is 1. The summed E-state index contributed by atoms with van der Waals surface area (Å²) in [5, 5.41) is 24.3. The van der Waals surface area contributed by atoms with E-state index in [2.05, 4.69) is 35.7 Å². The Morgan fingerprint density at radius 1 is 0.982 bits per heavy atom. The normalized spacial score (nSPS) is 25.5. The first-order chi connectivity index (χ1) is 27.9. The fourth-order valence-corrected chi connectivity index (χ4v) is 9.49. The third-order valence-electron chi connectivity index (χ3n) is 12.5. The zero-order chi connectivity index (χ0) is 40.5. The highest BCUT2D eigenvalue weighted by Crippen LogP contribution is 2.61. The smallest absolute Gasteiger partial charge is 0.409 e. The SMILES string of the molecule is C=CCOC12Oc3ccc(OCCN4CC4)cc3C3C(CCCCO)C(CCCCO)C=C(C(=NOC)CC1N(C)C(=O)OCCCCCCCCCCCC)C32. The van der Waals surface area contributed by atoms with Gasteiger partial charge in [0.05, 0.1) is 24.8 Å². The molecule has 1 aromatic carbocycles. The van der Waals surface area contributed by atoms with Gasteiger partial charge < -0.3 is 38.9 Å². The van der Waals surface area contributed by atoms with Crippen LogP contribution in [0.3, 0.4) is 0 Å². The quantitative estimate of drug-likeness (QED) is 0.0372. The van der Waals surface area contributed by atoms with Crippen LogP contribution in [0, 0.1) is 17.8 Å². The molecule has 1 saturated heterocycles. The lowest BCUT2D eigenvalue weighted by Gasteiger charge is -2.59. The number of likely N-dealkylation sites (N-methyl/N-ethyl adjacent to an activating group) is 1. The molecule has 2 aliphatic heterocycles. The second-order valence-corrected chi connectivity index (χ2v) is 16.6. The molecule has 11 heteroatoms. The average molecular weight is 796 g/mol. The maximum absolute atomic E-state index is 14.0. The van der Waals surface area contributed by atoms with E-state index in [-0.39, 0.29) is 43.5 Å². The minimum absolute atomic E-state index is 0.0898. The number of hydrogen-bond donors (Lipinski definition) is 2. The predicted molar refractivity (Wildman–Crippen MR) is 225 cm³/mol. The number of aliphatic hydroxyl groups is 2. The van der Waals surface area contributed by atoms with Gasteiger partial charge in [-0.05, 0) is 67.7 Å². The number of carbonyl (C=O) groups excluding carboxylic acids is 1. The molecule has 11 nitrogen and oxygen atoms in total. The molecule has 57 heavy (non-hydrogen) atoms. The van der Waals surface area contributed by atoms with Crippen molar-refractivity contribution >= 4 is 11.8 Å². The summed E-state index contributed by atoms with van der Waals surface area (Å²) in [6.45, 7) is 10.8. The zero-order valence-corrected chi connectivity index (χ0v) is 35.3. The highest BCUT2D eigenvalue weighted by molar-refractivity contribution is 6.02. The monoisotopic (exact) mass is 796 g/mol. The summed E-state index contributed by atoms with van der Waals surface area (Å²) in [5.74, 6) is 0.106. The van der Waals surface area contributed by atoms with Crippen molar-refractivity contribution in [1.82, 2.24) is 9.80 Å². The molecular formula is C46H73N3O8. The average Bonchev–Trinajstić information content (AvgIpc) is 4.05. The van der Waals surface area contributed by atoms with Gasteiger partial charge in [-0.1, -0.05) is 94.9 Å². The van der Waals surface area contributed by atoms with Crippen molar-refractivity contribution in [3.63, 3.8) is 0 Å². The Morgan fingerprint density at radius 3 is 2.35 bits per heavy atom. The van der Waals surface area contributed by atoms with Gasteiger partial charge in [-0.15, -0.1) is 6.58 Å². The Hall–Kier alpha value is -3.12. The summed E-state index contributed by atoms with van der Waals surface area (Å²) < 4.78 is 26.4. The number of fused-ring (bicyclic) bond motifs is 2. The van der Waals surface area contributed by atoms with Gasteiger partial charge in [0.15, 0.2) is 0 Å². The Kier molecular flexibility index (Phi) is 18.5. The van der Waals surface area contributed by atoms with Crippen LogP contribution in [0.15, 0.2) is 47.7 Å². The molecule has 6 atom stereocenters. The van der Waals surface area contributed by atoms with Crippen molar-refractivity contribution in [3.8, 4) is 11.5 Å². The molecule has 1 saturated carbocycles. The molecule has 5 rings (SSSR count). The van der Waals surface area contributed by atoms with Gasteiger partial charge in [-0.25, -0.2) is 4.79 Å². The summed E-state index contributed by atoms with van der Waals surface area (Å²) in [7, 11) is 3.35. The van der Waals surface area contributed by atoms with E-state index in [1.54, 1.807) is 25.1 Å². The van der Waals surface area contributed by atoms with Crippen LogP contribution in [0.25, 0.3) is 0 Å². The van der Waals surface area contributed by atoms with Crippen LogP contribution in [0.4, 0.5) is 4.79 Å². The Bertz CT molecular complexity index is 1450. The number of nitrogens with zero attached hydrogens (tertiary/aromatic N) is 3. The first-order valence-corrected chi connectivity index (χ1v) is 22.3. The molecular weight excluding hydrogens is 723 g/mol. The highest BCUT2D eigenvalue weighted by atomic mass is 16.7. The summed E-state index contributed by atoms with van der Waals surface area (Å²) in [4.78, 5) is 23.5. The first kappa shape index (κ1) is 45.0. The molecule has 2 aliphatic carbocycles. The lowest BCUT2D eigenvalue weighted by molar-refractivity contribution is -0.253. The Labute approximate surface area is 342 Å². The van der Waals surface area contributed by atoms with Gasteiger partial charge >= 0.3 is 6.09 Å². The number of unbranched alkanes of at least 4 members (excludes halogenated alkanes) is 11. The highest BCUT2D eigenvalue weighted by Gasteiger charge is 2.65. The zero-order valence-electron chi connectivity index (χ0n) is 35.3. The van der Waals surface area contributed by atoms with Gasteiger partial charge in [0.2, 0.25) is 5.79 Å². The molecule has 4 aliphatic rings. The molecule has 2 fully saturated rings. The number of ether oxygens (including phenoxy) is 4. The molecule has 0 aromatic heterocycles. The topological polar surface area (TPSA) is 122 Å². The van der Waals surface area contributed by atoms with Crippen LogP contribution in [0.1, 0.15) is 128 Å². The molecule has 6 unspecified atom stereocenters. The van der Waals surface area contributed by atoms with Crippen LogP contribution in [0.2, 0.25) is 0 Å². The van der Waals surface area contributed by atoms with E-state index >= 15 is 0 Å². The first-order valence-electron chi connectivity index (χ1n) is 22.3. The summed E-state index contributed by atoms with van der Waals surface area (Å²) in [5.41, 5.74) is 2.83. The Balaban J connectivity index is 1.46. The van der Waals surface area contributed by atoms with Crippen molar-refractivity contribution in [1.29, 1.82) is 0 Å². The predicted octanol–water partition coefficient (Wildman–Crippen LogP) is 8.63. The van der Waals surface area contributed by atoms with Gasteiger partial charge in [-0.3, -0.25) is 4.90 Å². The lowest BCUT2D eigenvalue weighted by atomic mass is 9.55. The minimum Gasteiger partial charge on any atom is -0.492 e. The van der Waals surface area contributed by atoms with Gasteiger partial charge in [0.1, 0.15) is 31.3 Å². The summed E-state index contributed by atoms with van der Waals surface area (Å²) in [6, 6.07) is 5.52. The van der Waals surface area contributed by atoms with E-state index in [4.69, 9.17) is 23.8 Å². The molecule has 2 heterocycles. The largest absolute Gasteiger partial charge is 0.492 e. The molecule has 1 amide bonds. The molecule has 320 valence electrons. The number of rotatable bonds is 28. The van der Waals surface area contributed by atoms with Crippen molar-refractivity contribution in [2.45, 2.75) is 134 Å². The maximum Gasteiger partial charge on any atom is 0.409 e.